The minimum Gasteiger partial charge on any atom is -0.288 e. The number of rotatable bonds is 3. The van der Waals surface area contributed by atoms with E-state index in [4.69, 9.17) is 0 Å². The van der Waals surface area contributed by atoms with Crippen molar-refractivity contribution in [1.29, 1.82) is 0 Å². The van der Waals surface area contributed by atoms with Gasteiger partial charge in [0.05, 0.1) is 0 Å². The molecule has 1 N–H and O–H groups in total. The zero-order valence-electron chi connectivity index (χ0n) is 11.0. The van der Waals surface area contributed by atoms with Gasteiger partial charge in [-0.1, -0.05) is 6.07 Å². The number of thiazole rings is 1. The summed E-state index contributed by atoms with van der Waals surface area (Å²) in [4.78, 5) is 32.6. The first kappa shape index (κ1) is 13.3. The van der Waals surface area contributed by atoms with Crippen molar-refractivity contribution in [3.8, 4) is 11.5 Å². The smallest absolute Gasteiger partial charge is 0.286 e. The van der Waals surface area contributed by atoms with Gasteiger partial charge in [0.25, 0.3) is 5.91 Å². The fraction of sp³-hybridized carbons (Fsp3) is 0.0769. The SMILES string of the molecule is Cc1nc(NC(=O)c2nccs2)nc(-c2ccccn2)n1. The fourth-order valence-corrected chi connectivity index (χ4v) is 2.17. The van der Waals surface area contributed by atoms with Crippen molar-refractivity contribution in [3.63, 3.8) is 0 Å². The Labute approximate surface area is 124 Å². The van der Waals surface area contributed by atoms with Crippen molar-refractivity contribution in [2.24, 2.45) is 0 Å². The first-order chi connectivity index (χ1) is 10.2. The summed E-state index contributed by atoms with van der Waals surface area (Å²) in [5, 5.41) is 4.70. The highest BCUT2D eigenvalue weighted by molar-refractivity contribution is 7.11. The molecule has 0 unspecified atom stereocenters. The summed E-state index contributed by atoms with van der Waals surface area (Å²) in [5.41, 5.74) is 0.618. The van der Waals surface area contributed by atoms with Crippen molar-refractivity contribution in [3.05, 3.63) is 46.8 Å². The third-order valence-corrected chi connectivity index (χ3v) is 3.26. The zero-order chi connectivity index (χ0) is 14.7. The molecule has 0 atom stereocenters. The molecule has 3 aromatic rings. The van der Waals surface area contributed by atoms with Crippen molar-refractivity contribution >= 4 is 23.2 Å². The standard InChI is InChI=1S/C13H10N6OS/c1-8-16-10(9-4-2-3-5-14-9)18-13(17-8)19-11(20)12-15-6-7-21-12/h2-7H,1H3,(H,16,17,18,19,20). The van der Waals surface area contributed by atoms with Gasteiger partial charge in [-0.15, -0.1) is 11.3 Å². The number of aryl methyl sites for hydroxylation is 1. The Bertz CT molecular complexity index is 760. The Morgan fingerprint density at radius 1 is 1.14 bits per heavy atom. The van der Waals surface area contributed by atoms with Gasteiger partial charge in [0.1, 0.15) is 11.5 Å². The number of aromatic nitrogens is 5. The minimum absolute atomic E-state index is 0.184. The number of hydrogen-bond acceptors (Lipinski definition) is 7. The normalized spacial score (nSPS) is 10.3. The van der Waals surface area contributed by atoms with E-state index in [1.165, 1.54) is 11.3 Å². The lowest BCUT2D eigenvalue weighted by atomic mass is 10.3. The second-order valence-corrected chi connectivity index (χ2v) is 4.93. The van der Waals surface area contributed by atoms with Crippen LogP contribution < -0.4 is 5.32 Å². The molecule has 3 aromatic heterocycles. The summed E-state index contributed by atoms with van der Waals surface area (Å²) < 4.78 is 0. The zero-order valence-corrected chi connectivity index (χ0v) is 11.8. The molecular weight excluding hydrogens is 288 g/mol. The van der Waals surface area contributed by atoms with E-state index in [9.17, 15) is 4.79 Å². The Balaban J connectivity index is 1.90. The van der Waals surface area contributed by atoms with Crippen LogP contribution >= 0.6 is 11.3 Å². The third kappa shape index (κ3) is 3.06. The predicted octanol–water partition coefficient (Wildman–Crippen LogP) is 1.95. The molecule has 0 fully saturated rings. The molecule has 0 aliphatic carbocycles. The molecular formula is C13H10N6OS. The third-order valence-electron chi connectivity index (χ3n) is 2.49. The van der Waals surface area contributed by atoms with Crippen LogP contribution in [0.5, 0.6) is 0 Å². The summed E-state index contributed by atoms with van der Waals surface area (Å²) in [6.07, 6.45) is 3.22. The summed E-state index contributed by atoms with van der Waals surface area (Å²) in [7, 11) is 0. The van der Waals surface area contributed by atoms with E-state index >= 15 is 0 Å². The van der Waals surface area contributed by atoms with Gasteiger partial charge in [0, 0.05) is 17.8 Å². The van der Waals surface area contributed by atoms with E-state index in [2.05, 4.69) is 30.2 Å². The number of nitrogens with one attached hydrogen (secondary N) is 1. The van der Waals surface area contributed by atoms with E-state index in [-0.39, 0.29) is 11.9 Å². The van der Waals surface area contributed by atoms with E-state index < -0.39 is 0 Å². The number of carbonyl (C=O) groups excluding carboxylic acids is 1. The molecule has 0 aromatic carbocycles. The molecule has 0 radical (unpaired) electrons. The second-order valence-electron chi connectivity index (χ2n) is 4.04. The summed E-state index contributed by atoms with van der Waals surface area (Å²) in [6.45, 7) is 1.73. The second kappa shape index (κ2) is 5.71. The number of carbonyl (C=O) groups is 1. The quantitative estimate of drug-likeness (QED) is 0.794. The van der Waals surface area contributed by atoms with Crippen molar-refractivity contribution < 1.29 is 4.79 Å². The van der Waals surface area contributed by atoms with Crippen LogP contribution in [0.2, 0.25) is 0 Å². The molecule has 0 aliphatic heterocycles. The number of nitrogens with zero attached hydrogens (tertiary/aromatic N) is 5. The molecule has 0 aliphatic rings. The fourth-order valence-electron chi connectivity index (χ4n) is 1.64. The van der Waals surface area contributed by atoms with E-state index in [1.807, 2.05) is 12.1 Å². The summed E-state index contributed by atoms with van der Waals surface area (Å²) in [6, 6.07) is 5.44. The minimum atomic E-state index is -0.345. The van der Waals surface area contributed by atoms with Gasteiger partial charge < -0.3 is 0 Å². The van der Waals surface area contributed by atoms with Crippen molar-refractivity contribution in [2.75, 3.05) is 5.32 Å². The van der Waals surface area contributed by atoms with Gasteiger partial charge in [-0.25, -0.2) is 9.97 Å². The maximum Gasteiger partial charge on any atom is 0.286 e. The van der Waals surface area contributed by atoms with Crippen LogP contribution in [0.15, 0.2) is 36.0 Å². The maximum absolute atomic E-state index is 12.0. The van der Waals surface area contributed by atoms with Crippen LogP contribution in [0, 0.1) is 6.92 Å². The molecule has 104 valence electrons. The Hall–Kier alpha value is -2.74. The maximum atomic E-state index is 12.0. The van der Waals surface area contributed by atoms with Crippen LogP contribution in [-0.4, -0.2) is 30.8 Å². The van der Waals surface area contributed by atoms with Gasteiger partial charge in [-0.2, -0.15) is 9.97 Å². The number of amides is 1. The van der Waals surface area contributed by atoms with Crippen LogP contribution in [0.25, 0.3) is 11.5 Å². The highest BCUT2D eigenvalue weighted by Gasteiger charge is 2.13. The predicted molar refractivity (Wildman–Crippen MR) is 77.9 cm³/mol. The molecule has 1 amide bonds. The molecule has 0 bridgehead atoms. The Morgan fingerprint density at radius 3 is 2.76 bits per heavy atom. The lowest BCUT2D eigenvalue weighted by molar-refractivity contribution is 0.102. The van der Waals surface area contributed by atoms with Gasteiger partial charge in [-0.3, -0.25) is 15.1 Å². The molecule has 21 heavy (non-hydrogen) atoms. The molecule has 3 rings (SSSR count). The number of hydrogen-bond donors (Lipinski definition) is 1. The molecule has 0 spiro atoms. The summed E-state index contributed by atoms with van der Waals surface area (Å²) in [5.74, 6) is 0.753. The first-order valence-electron chi connectivity index (χ1n) is 6.07. The monoisotopic (exact) mass is 298 g/mol. The van der Waals surface area contributed by atoms with E-state index in [1.54, 1.807) is 30.8 Å². The van der Waals surface area contributed by atoms with Crippen LogP contribution in [0.3, 0.4) is 0 Å². The van der Waals surface area contributed by atoms with Gasteiger partial charge in [0.2, 0.25) is 5.95 Å². The van der Waals surface area contributed by atoms with Crippen molar-refractivity contribution in [1.82, 2.24) is 24.9 Å². The average Bonchev–Trinajstić information content (AvgIpc) is 3.02. The van der Waals surface area contributed by atoms with Crippen molar-refractivity contribution in [2.45, 2.75) is 6.92 Å². The Kier molecular flexibility index (Phi) is 3.61. The Morgan fingerprint density at radius 2 is 2.05 bits per heavy atom. The van der Waals surface area contributed by atoms with Crippen LogP contribution in [0.4, 0.5) is 5.95 Å². The lowest BCUT2D eigenvalue weighted by Crippen LogP contribution is -2.15. The molecule has 0 saturated carbocycles. The van der Waals surface area contributed by atoms with Crippen LogP contribution in [0.1, 0.15) is 15.6 Å². The summed E-state index contributed by atoms with van der Waals surface area (Å²) >= 11 is 1.25. The molecule has 7 nitrogen and oxygen atoms in total. The van der Waals surface area contributed by atoms with E-state index in [0.717, 1.165) is 0 Å². The highest BCUT2D eigenvalue weighted by Crippen LogP contribution is 2.14. The first-order valence-corrected chi connectivity index (χ1v) is 6.95. The number of anilines is 1. The molecule has 8 heteroatoms. The average molecular weight is 298 g/mol. The molecule has 3 heterocycles. The largest absolute Gasteiger partial charge is 0.288 e. The molecule has 0 saturated heterocycles. The lowest BCUT2D eigenvalue weighted by Gasteiger charge is -2.05. The highest BCUT2D eigenvalue weighted by atomic mass is 32.1. The van der Waals surface area contributed by atoms with Crippen LogP contribution in [-0.2, 0) is 0 Å². The van der Waals surface area contributed by atoms with Gasteiger partial charge in [-0.05, 0) is 19.1 Å². The topological polar surface area (TPSA) is 93.6 Å². The van der Waals surface area contributed by atoms with E-state index in [0.29, 0.717) is 22.4 Å². The number of pyridine rings is 1. The van der Waals surface area contributed by atoms with Gasteiger partial charge >= 0.3 is 0 Å². The van der Waals surface area contributed by atoms with Gasteiger partial charge in [0.15, 0.2) is 10.8 Å².